The monoisotopic (exact) mass is 314 g/mol. The van der Waals surface area contributed by atoms with Crippen molar-refractivity contribution >= 4 is 9.84 Å². The molecule has 2 nitrogen and oxygen atoms in total. The Morgan fingerprint density at radius 3 is 2.14 bits per heavy atom. The fourth-order valence-electron chi connectivity index (χ4n) is 2.15. The van der Waals surface area contributed by atoms with E-state index in [9.17, 15) is 12.8 Å². The highest BCUT2D eigenvalue weighted by molar-refractivity contribution is 7.92. The largest absolute Gasteiger partial charge is 0.228 e. The van der Waals surface area contributed by atoms with Crippen molar-refractivity contribution in [1.29, 1.82) is 0 Å². The molecule has 0 fully saturated rings. The lowest BCUT2D eigenvalue weighted by Crippen LogP contribution is -2.30. The maximum Gasteiger partial charge on any atom is 0.155 e. The van der Waals surface area contributed by atoms with Crippen LogP contribution in [0.25, 0.3) is 0 Å². The number of benzene rings is 1. The molecule has 1 rings (SSSR count). The Labute approximate surface area is 128 Å². The minimum absolute atomic E-state index is 0.131. The molecule has 0 saturated carbocycles. The molecular formula is C17H27FO2S. The third-order valence-corrected chi connectivity index (χ3v) is 6.44. The van der Waals surface area contributed by atoms with Crippen molar-refractivity contribution in [2.75, 3.05) is 5.75 Å². The van der Waals surface area contributed by atoms with Crippen LogP contribution in [0.15, 0.2) is 24.3 Å². The van der Waals surface area contributed by atoms with Crippen molar-refractivity contribution in [3.8, 4) is 0 Å². The van der Waals surface area contributed by atoms with Crippen LogP contribution in [0.1, 0.15) is 58.4 Å². The molecule has 1 aromatic carbocycles. The van der Waals surface area contributed by atoms with Crippen LogP contribution in [-0.4, -0.2) is 18.9 Å². The lowest BCUT2D eigenvalue weighted by molar-refractivity contribution is 0.551. The predicted octanol–water partition coefficient (Wildman–Crippen LogP) is 4.53. The van der Waals surface area contributed by atoms with Gasteiger partial charge in [-0.2, -0.15) is 0 Å². The summed E-state index contributed by atoms with van der Waals surface area (Å²) in [6, 6.07) is 6.88. The van der Waals surface area contributed by atoms with Gasteiger partial charge < -0.3 is 0 Å². The standard InChI is InChI=1S/C17H27FO2S/c1-17(2,3)21(19,20)14-10-6-4-5-7-11-15-12-8-9-13-16(15)18/h8-9,12-13H,4-7,10-11,14H2,1-3H3. The second kappa shape index (κ2) is 7.92. The van der Waals surface area contributed by atoms with Gasteiger partial charge in [-0.25, -0.2) is 12.8 Å². The highest BCUT2D eigenvalue weighted by atomic mass is 32.2. The first kappa shape index (κ1) is 18.1. The van der Waals surface area contributed by atoms with Gasteiger partial charge in [0, 0.05) is 0 Å². The molecule has 0 aliphatic carbocycles. The van der Waals surface area contributed by atoms with Crippen LogP contribution in [-0.2, 0) is 16.3 Å². The molecule has 1 aromatic rings. The summed E-state index contributed by atoms with van der Waals surface area (Å²) < 4.78 is 36.6. The zero-order valence-electron chi connectivity index (χ0n) is 13.4. The van der Waals surface area contributed by atoms with E-state index in [4.69, 9.17) is 0 Å². The van der Waals surface area contributed by atoms with Gasteiger partial charge in [0.15, 0.2) is 9.84 Å². The van der Waals surface area contributed by atoms with Crippen molar-refractivity contribution < 1.29 is 12.8 Å². The van der Waals surface area contributed by atoms with E-state index in [1.54, 1.807) is 26.8 Å². The molecule has 21 heavy (non-hydrogen) atoms. The number of hydrogen-bond donors (Lipinski definition) is 0. The normalized spacial score (nSPS) is 12.6. The minimum Gasteiger partial charge on any atom is -0.228 e. The van der Waals surface area contributed by atoms with E-state index in [0.717, 1.165) is 44.1 Å². The van der Waals surface area contributed by atoms with Gasteiger partial charge in [-0.15, -0.1) is 0 Å². The first-order valence-electron chi connectivity index (χ1n) is 7.70. The van der Waals surface area contributed by atoms with Gasteiger partial charge in [-0.1, -0.05) is 37.5 Å². The number of rotatable bonds is 8. The Kier molecular flexibility index (Phi) is 6.85. The molecule has 0 saturated heterocycles. The first-order chi connectivity index (χ1) is 9.74. The van der Waals surface area contributed by atoms with Crippen LogP contribution < -0.4 is 0 Å². The second-order valence-corrected chi connectivity index (χ2v) is 9.40. The summed E-state index contributed by atoms with van der Waals surface area (Å²) in [6.45, 7) is 5.24. The summed E-state index contributed by atoms with van der Waals surface area (Å²) in [6.07, 6.45) is 5.38. The third-order valence-electron chi connectivity index (χ3n) is 3.75. The summed E-state index contributed by atoms with van der Waals surface area (Å²) >= 11 is 0. The van der Waals surface area contributed by atoms with Gasteiger partial charge in [0.2, 0.25) is 0 Å². The van der Waals surface area contributed by atoms with E-state index in [2.05, 4.69) is 0 Å². The molecule has 0 radical (unpaired) electrons. The molecule has 0 bridgehead atoms. The number of unbranched alkanes of at least 4 members (excludes halogenated alkanes) is 4. The van der Waals surface area contributed by atoms with E-state index in [1.165, 1.54) is 6.07 Å². The van der Waals surface area contributed by atoms with Gasteiger partial charge in [-0.3, -0.25) is 0 Å². The number of aryl methyl sites for hydroxylation is 1. The number of hydrogen-bond acceptors (Lipinski definition) is 2. The summed E-state index contributed by atoms with van der Waals surface area (Å²) in [5.41, 5.74) is 0.771. The topological polar surface area (TPSA) is 34.1 Å². The van der Waals surface area contributed by atoms with Gasteiger partial charge in [0.05, 0.1) is 10.5 Å². The Hall–Kier alpha value is -0.900. The minimum atomic E-state index is -2.99. The van der Waals surface area contributed by atoms with Crippen LogP contribution in [0.5, 0.6) is 0 Å². The van der Waals surface area contributed by atoms with E-state index in [-0.39, 0.29) is 11.6 Å². The van der Waals surface area contributed by atoms with E-state index in [0.29, 0.717) is 0 Å². The molecule has 0 amide bonds. The molecule has 0 N–H and O–H groups in total. The molecule has 4 heteroatoms. The summed E-state index contributed by atoms with van der Waals surface area (Å²) in [7, 11) is -2.99. The van der Waals surface area contributed by atoms with E-state index >= 15 is 0 Å². The van der Waals surface area contributed by atoms with Crippen LogP contribution in [0.4, 0.5) is 4.39 Å². The highest BCUT2D eigenvalue weighted by Crippen LogP contribution is 2.18. The van der Waals surface area contributed by atoms with E-state index in [1.807, 2.05) is 12.1 Å². The molecule has 0 atom stereocenters. The molecule has 0 aliphatic rings. The first-order valence-corrected chi connectivity index (χ1v) is 9.35. The fourth-order valence-corrected chi connectivity index (χ4v) is 3.34. The van der Waals surface area contributed by atoms with Crippen LogP contribution in [0.2, 0.25) is 0 Å². The van der Waals surface area contributed by atoms with Crippen molar-refractivity contribution in [1.82, 2.24) is 0 Å². The van der Waals surface area contributed by atoms with Crippen LogP contribution >= 0.6 is 0 Å². The fraction of sp³-hybridized carbons (Fsp3) is 0.647. The summed E-state index contributed by atoms with van der Waals surface area (Å²) in [5, 5.41) is 0. The smallest absolute Gasteiger partial charge is 0.155 e. The van der Waals surface area contributed by atoms with Gasteiger partial charge in [-0.05, 0) is 51.7 Å². The Bertz CT molecular complexity index is 530. The number of sulfone groups is 1. The number of halogens is 1. The van der Waals surface area contributed by atoms with E-state index < -0.39 is 14.6 Å². The van der Waals surface area contributed by atoms with Crippen molar-refractivity contribution in [2.45, 2.75) is 64.0 Å². The van der Waals surface area contributed by atoms with Gasteiger partial charge in [0.1, 0.15) is 5.82 Å². The average molecular weight is 314 g/mol. The van der Waals surface area contributed by atoms with Crippen molar-refractivity contribution in [2.24, 2.45) is 0 Å². The Morgan fingerprint density at radius 2 is 1.52 bits per heavy atom. The Balaban J connectivity index is 2.15. The molecule has 0 spiro atoms. The maximum atomic E-state index is 13.4. The SMILES string of the molecule is CC(C)(C)S(=O)(=O)CCCCCCCc1ccccc1F. The van der Waals surface area contributed by atoms with Crippen LogP contribution in [0.3, 0.4) is 0 Å². The third kappa shape index (κ3) is 6.16. The van der Waals surface area contributed by atoms with Gasteiger partial charge >= 0.3 is 0 Å². The molecule has 0 heterocycles. The predicted molar refractivity (Wildman–Crippen MR) is 86.7 cm³/mol. The van der Waals surface area contributed by atoms with Crippen molar-refractivity contribution in [3.63, 3.8) is 0 Å². The van der Waals surface area contributed by atoms with Gasteiger partial charge in [0.25, 0.3) is 0 Å². The van der Waals surface area contributed by atoms with Crippen LogP contribution in [0, 0.1) is 5.82 Å². The van der Waals surface area contributed by atoms with Crippen molar-refractivity contribution in [3.05, 3.63) is 35.6 Å². The summed E-state index contributed by atoms with van der Waals surface area (Å²) in [5.74, 6) is 0.137. The lowest BCUT2D eigenvalue weighted by Gasteiger charge is -2.18. The molecule has 0 unspecified atom stereocenters. The molecule has 0 aliphatic heterocycles. The quantitative estimate of drug-likeness (QED) is 0.661. The molecule has 120 valence electrons. The zero-order valence-corrected chi connectivity index (χ0v) is 14.2. The second-order valence-electron chi connectivity index (χ2n) is 6.54. The average Bonchev–Trinajstić information content (AvgIpc) is 2.38. The highest BCUT2D eigenvalue weighted by Gasteiger charge is 2.27. The zero-order chi connectivity index (χ0) is 15.9. The summed E-state index contributed by atoms with van der Waals surface area (Å²) in [4.78, 5) is 0. The Morgan fingerprint density at radius 1 is 0.952 bits per heavy atom. The molecule has 0 aromatic heterocycles. The lowest BCUT2D eigenvalue weighted by atomic mass is 10.1. The maximum absolute atomic E-state index is 13.4. The molecular weight excluding hydrogens is 287 g/mol.